The second-order valence-electron chi connectivity index (χ2n) is 9.31. The quantitative estimate of drug-likeness (QED) is 0.685. The molecule has 1 saturated heterocycles. The van der Waals surface area contributed by atoms with Crippen LogP contribution in [0.5, 0.6) is 5.75 Å². The topological polar surface area (TPSA) is 39.2 Å². The fourth-order valence-electron chi connectivity index (χ4n) is 4.83. The number of piperidine rings is 1. The van der Waals surface area contributed by atoms with Crippen LogP contribution in [0.4, 0.5) is 0 Å². The highest BCUT2D eigenvalue weighted by Crippen LogP contribution is 2.22. The zero-order chi connectivity index (χ0) is 20.6. The summed E-state index contributed by atoms with van der Waals surface area (Å²) in [5, 5.41) is 10.4. The average molecular weight is 404 g/mol. The predicted molar refractivity (Wildman–Crippen MR) is 119 cm³/mol. The van der Waals surface area contributed by atoms with Crippen LogP contribution in [-0.4, -0.2) is 85.4 Å². The SMILES string of the molecule is CN(C)C1CCN(Cc2cccc(OC[C@H](O)CN(C)C3CCCCC3)c2)CC1. The molecule has 0 radical (unpaired) electrons. The third-order valence-electron chi connectivity index (χ3n) is 6.73. The zero-order valence-corrected chi connectivity index (χ0v) is 18.7. The van der Waals surface area contributed by atoms with E-state index in [9.17, 15) is 5.11 Å². The minimum Gasteiger partial charge on any atom is -0.491 e. The summed E-state index contributed by atoms with van der Waals surface area (Å²) in [6.07, 6.45) is 8.56. The third kappa shape index (κ3) is 7.25. The fourth-order valence-corrected chi connectivity index (χ4v) is 4.83. The Bertz CT molecular complexity index is 596. The number of hydrogen-bond acceptors (Lipinski definition) is 5. The number of rotatable bonds is 9. The van der Waals surface area contributed by atoms with Gasteiger partial charge in [0.2, 0.25) is 0 Å². The maximum Gasteiger partial charge on any atom is 0.119 e. The summed E-state index contributed by atoms with van der Waals surface area (Å²) in [7, 11) is 6.50. The second-order valence-corrected chi connectivity index (χ2v) is 9.31. The van der Waals surface area contributed by atoms with Crippen molar-refractivity contribution < 1.29 is 9.84 Å². The van der Waals surface area contributed by atoms with E-state index in [1.807, 2.05) is 6.07 Å². The molecule has 3 rings (SSSR count). The Morgan fingerprint density at radius 3 is 2.45 bits per heavy atom. The molecule has 5 nitrogen and oxygen atoms in total. The van der Waals surface area contributed by atoms with Gasteiger partial charge in [-0.3, -0.25) is 4.90 Å². The smallest absolute Gasteiger partial charge is 0.119 e. The molecule has 1 N–H and O–H groups in total. The Kier molecular flexibility index (Phi) is 8.79. The molecule has 1 saturated carbocycles. The highest BCUT2D eigenvalue weighted by Gasteiger charge is 2.21. The minimum atomic E-state index is -0.448. The molecule has 2 fully saturated rings. The maximum absolute atomic E-state index is 10.4. The number of nitrogens with zero attached hydrogens (tertiary/aromatic N) is 3. The summed E-state index contributed by atoms with van der Waals surface area (Å²) in [5.41, 5.74) is 1.29. The highest BCUT2D eigenvalue weighted by atomic mass is 16.5. The first-order valence-corrected chi connectivity index (χ1v) is 11.5. The van der Waals surface area contributed by atoms with Gasteiger partial charge in [0.1, 0.15) is 18.5 Å². The van der Waals surface area contributed by atoms with Crippen molar-refractivity contribution in [2.45, 2.75) is 69.7 Å². The number of benzene rings is 1. The first kappa shape index (κ1) is 22.5. The van der Waals surface area contributed by atoms with E-state index in [2.05, 4.69) is 54.0 Å². The van der Waals surface area contributed by atoms with Crippen molar-refractivity contribution in [2.75, 3.05) is 47.4 Å². The van der Waals surface area contributed by atoms with Gasteiger partial charge in [0.15, 0.2) is 0 Å². The van der Waals surface area contributed by atoms with Gasteiger partial charge in [-0.25, -0.2) is 0 Å². The summed E-state index contributed by atoms with van der Waals surface area (Å²) >= 11 is 0. The molecule has 1 atom stereocenters. The summed E-state index contributed by atoms with van der Waals surface area (Å²) in [6, 6.07) is 9.72. The van der Waals surface area contributed by atoms with Crippen LogP contribution in [-0.2, 0) is 6.54 Å². The Morgan fingerprint density at radius 2 is 1.76 bits per heavy atom. The largest absolute Gasteiger partial charge is 0.491 e. The van der Waals surface area contributed by atoms with Gasteiger partial charge in [-0.2, -0.15) is 0 Å². The number of ether oxygens (including phenoxy) is 1. The normalized spacial score (nSPS) is 21.0. The van der Waals surface area contributed by atoms with Crippen molar-refractivity contribution in [3.05, 3.63) is 29.8 Å². The van der Waals surface area contributed by atoms with E-state index in [-0.39, 0.29) is 0 Å². The Morgan fingerprint density at radius 1 is 1.03 bits per heavy atom. The highest BCUT2D eigenvalue weighted by molar-refractivity contribution is 5.28. The molecule has 29 heavy (non-hydrogen) atoms. The van der Waals surface area contributed by atoms with Gasteiger partial charge in [-0.05, 0) is 77.6 Å². The molecule has 0 unspecified atom stereocenters. The monoisotopic (exact) mass is 403 g/mol. The van der Waals surface area contributed by atoms with E-state index >= 15 is 0 Å². The third-order valence-corrected chi connectivity index (χ3v) is 6.73. The van der Waals surface area contributed by atoms with Crippen LogP contribution in [0.25, 0.3) is 0 Å². The lowest BCUT2D eigenvalue weighted by Crippen LogP contribution is -2.41. The molecule has 164 valence electrons. The summed E-state index contributed by atoms with van der Waals surface area (Å²) in [5.74, 6) is 0.866. The van der Waals surface area contributed by atoms with Crippen molar-refractivity contribution in [1.29, 1.82) is 0 Å². The Labute approximate surface area is 177 Å². The van der Waals surface area contributed by atoms with Crippen LogP contribution in [0.1, 0.15) is 50.5 Å². The van der Waals surface area contributed by atoms with E-state index in [4.69, 9.17) is 4.74 Å². The summed E-state index contributed by atoms with van der Waals surface area (Å²) in [4.78, 5) is 7.21. The van der Waals surface area contributed by atoms with Gasteiger partial charge >= 0.3 is 0 Å². The number of aliphatic hydroxyl groups excluding tert-OH is 1. The van der Waals surface area contributed by atoms with E-state index in [1.54, 1.807) is 0 Å². The molecule has 0 amide bonds. The number of aliphatic hydroxyl groups is 1. The predicted octanol–water partition coefficient (Wildman–Crippen LogP) is 3.22. The van der Waals surface area contributed by atoms with Gasteiger partial charge in [0.05, 0.1) is 0 Å². The number of likely N-dealkylation sites (N-methyl/N-ethyl adjacent to an activating group) is 1. The van der Waals surface area contributed by atoms with Gasteiger partial charge in [-0.15, -0.1) is 0 Å². The first-order chi connectivity index (χ1) is 14.0. The molecule has 0 bridgehead atoms. The van der Waals surface area contributed by atoms with Gasteiger partial charge in [0, 0.05) is 25.2 Å². The molecule has 1 aromatic rings. The van der Waals surface area contributed by atoms with Crippen LogP contribution >= 0.6 is 0 Å². The van der Waals surface area contributed by atoms with Crippen LogP contribution in [0.2, 0.25) is 0 Å². The number of likely N-dealkylation sites (tertiary alicyclic amines) is 1. The van der Waals surface area contributed by atoms with Gasteiger partial charge in [0.25, 0.3) is 0 Å². The molecular formula is C24H41N3O2. The Balaban J connectivity index is 1.41. The fraction of sp³-hybridized carbons (Fsp3) is 0.750. The lowest BCUT2D eigenvalue weighted by Gasteiger charge is -2.35. The van der Waals surface area contributed by atoms with E-state index in [0.29, 0.717) is 25.2 Å². The summed E-state index contributed by atoms with van der Waals surface area (Å²) < 4.78 is 5.93. The van der Waals surface area contributed by atoms with Gasteiger partial charge < -0.3 is 19.6 Å². The standard InChI is InChI=1S/C24H41N3O2/c1-25(2)21-12-14-27(15-13-21)17-20-8-7-11-24(16-20)29-19-23(28)18-26(3)22-9-5-4-6-10-22/h7-8,11,16,21-23,28H,4-6,9-10,12-15,17-19H2,1-3H3/t23-/m1/s1. The van der Waals surface area contributed by atoms with Crippen molar-refractivity contribution in [2.24, 2.45) is 0 Å². The molecule has 1 heterocycles. The molecule has 1 aromatic carbocycles. The van der Waals surface area contributed by atoms with Crippen molar-refractivity contribution in [3.63, 3.8) is 0 Å². The molecule has 5 heteroatoms. The van der Waals surface area contributed by atoms with Crippen LogP contribution in [0.3, 0.4) is 0 Å². The molecular weight excluding hydrogens is 362 g/mol. The lowest BCUT2D eigenvalue weighted by molar-refractivity contribution is 0.0561. The molecule has 1 aliphatic heterocycles. The van der Waals surface area contributed by atoms with E-state index in [1.165, 1.54) is 50.5 Å². The second kappa shape index (κ2) is 11.3. The zero-order valence-electron chi connectivity index (χ0n) is 18.7. The molecule has 2 aliphatic rings. The molecule has 1 aliphatic carbocycles. The maximum atomic E-state index is 10.4. The minimum absolute atomic E-state index is 0.356. The van der Waals surface area contributed by atoms with E-state index < -0.39 is 6.10 Å². The van der Waals surface area contributed by atoms with E-state index in [0.717, 1.165) is 25.4 Å². The first-order valence-electron chi connectivity index (χ1n) is 11.5. The lowest BCUT2D eigenvalue weighted by atomic mass is 9.94. The number of hydrogen-bond donors (Lipinski definition) is 1. The van der Waals surface area contributed by atoms with Gasteiger partial charge in [-0.1, -0.05) is 31.4 Å². The van der Waals surface area contributed by atoms with Crippen molar-refractivity contribution >= 4 is 0 Å². The molecule has 0 aromatic heterocycles. The average Bonchev–Trinajstić information content (AvgIpc) is 2.73. The van der Waals surface area contributed by atoms with Crippen molar-refractivity contribution in [1.82, 2.24) is 14.7 Å². The van der Waals surface area contributed by atoms with Crippen LogP contribution in [0.15, 0.2) is 24.3 Å². The molecule has 0 spiro atoms. The summed E-state index contributed by atoms with van der Waals surface area (Å²) in [6.45, 7) is 4.32. The van der Waals surface area contributed by atoms with Crippen molar-refractivity contribution in [3.8, 4) is 5.75 Å². The van der Waals surface area contributed by atoms with Crippen LogP contribution < -0.4 is 4.74 Å². The Hall–Kier alpha value is -1.14. The van der Waals surface area contributed by atoms with Crippen LogP contribution in [0, 0.1) is 0 Å².